The number of halogens is 1. The smallest absolute Gasteiger partial charge is 0.165 e. The summed E-state index contributed by atoms with van der Waals surface area (Å²) in [5.41, 5.74) is 12.5. The van der Waals surface area contributed by atoms with Crippen molar-refractivity contribution in [3.05, 3.63) is 90.6 Å². The predicted molar refractivity (Wildman–Crippen MR) is 136 cm³/mol. The molecule has 0 aliphatic heterocycles. The fourth-order valence-electron chi connectivity index (χ4n) is 4.66. The fraction of sp³-hybridized carbons (Fsp3) is 0.148. The molecule has 6 nitrogen and oxygen atoms in total. The maximum Gasteiger partial charge on any atom is 0.165 e. The summed E-state index contributed by atoms with van der Waals surface area (Å²) in [5, 5.41) is 0. The molecule has 6 rings (SSSR count). The van der Waals surface area contributed by atoms with Gasteiger partial charge in [0.25, 0.3) is 0 Å². The normalized spacial score (nSPS) is 14.7. The largest absolute Gasteiger partial charge is 0.383 e. The molecule has 1 aliphatic rings. The molecule has 5 aromatic rings. The van der Waals surface area contributed by atoms with Crippen LogP contribution in [-0.2, 0) is 5.54 Å². The zero-order valence-electron chi connectivity index (χ0n) is 18.4. The van der Waals surface area contributed by atoms with Gasteiger partial charge in [0.05, 0.1) is 16.8 Å². The number of nitrogens with zero attached hydrogens (tertiary/aromatic N) is 4. The van der Waals surface area contributed by atoms with E-state index in [0.717, 1.165) is 46.5 Å². The molecule has 1 saturated carbocycles. The summed E-state index contributed by atoms with van der Waals surface area (Å²) in [6, 6.07) is 26.4. The van der Waals surface area contributed by atoms with Crippen LogP contribution in [-0.4, -0.2) is 19.5 Å². The first-order chi connectivity index (χ1) is 16.7. The molecule has 2 aromatic carbocycles. The Kier molecular flexibility index (Phi) is 5.05. The Hall–Kier alpha value is -3.74. The van der Waals surface area contributed by atoms with Gasteiger partial charge in [-0.05, 0) is 73.0 Å². The number of anilines is 1. The van der Waals surface area contributed by atoms with Gasteiger partial charge < -0.3 is 5.73 Å². The first-order valence-electron chi connectivity index (χ1n) is 11.3. The summed E-state index contributed by atoms with van der Waals surface area (Å²) in [7, 11) is 0. The van der Waals surface area contributed by atoms with E-state index in [4.69, 9.17) is 27.5 Å². The third kappa shape index (κ3) is 3.34. The van der Waals surface area contributed by atoms with Gasteiger partial charge in [-0.1, -0.05) is 42.5 Å². The minimum atomic E-state index is -0.146. The van der Waals surface area contributed by atoms with Gasteiger partial charge in [-0.3, -0.25) is 4.57 Å². The van der Waals surface area contributed by atoms with Crippen LogP contribution in [0.2, 0.25) is 0 Å². The molecule has 1 fully saturated rings. The zero-order chi connectivity index (χ0) is 23.1. The average molecular weight is 467 g/mol. The lowest BCUT2D eigenvalue weighted by molar-refractivity contribution is 0.227. The third-order valence-corrected chi connectivity index (χ3v) is 7.08. The van der Waals surface area contributed by atoms with Gasteiger partial charge >= 0.3 is 0 Å². The molecule has 3 N–H and O–H groups in total. The summed E-state index contributed by atoms with van der Waals surface area (Å²) in [6.07, 6.45) is 4.92. The molecule has 0 spiro atoms. The number of imidazole rings is 1. The number of hydrogen-bond acceptors (Lipinski definition) is 5. The van der Waals surface area contributed by atoms with Crippen molar-refractivity contribution >= 4 is 28.8 Å². The Balaban J connectivity index is 1.56. The second kappa shape index (κ2) is 8.24. The van der Waals surface area contributed by atoms with Crippen molar-refractivity contribution in [2.45, 2.75) is 24.8 Å². The van der Waals surface area contributed by atoms with E-state index in [1.165, 1.54) is 12.0 Å². The van der Waals surface area contributed by atoms with E-state index >= 15 is 0 Å². The Morgan fingerprint density at radius 2 is 1.68 bits per heavy atom. The quantitative estimate of drug-likeness (QED) is 0.317. The van der Waals surface area contributed by atoms with Crippen molar-refractivity contribution < 1.29 is 0 Å². The van der Waals surface area contributed by atoms with Gasteiger partial charge in [-0.2, -0.15) is 0 Å². The van der Waals surface area contributed by atoms with Crippen molar-refractivity contribution in [1.82, 2.24) is 24.4 Å². The molecule has 0 bridgehead atoms. The van der Waals surface area contributed by atoms with Crippen LogP contribution in [0.1, 0.15) is 24.8 Å². The van der Waals surface area contributed by atoms with Crippen molar-refractivity contribution in [3.8, 4) is 28.3 Å². The molecular formula is C27H23ClN6. The minimum absolute atomic E-state index is 0.146. The van der Waals surface area contributed by atoms with E-state index in [1.807, 2.05) is 42.5 Å². The van der Waals surface area contributed by atoms with Gasteiger partial charge in [-0.15, -0.1) is 0 Å². The van der Waals surface area contributed by atoms with Gasteiger partial charge in [0, 0.05) is 17.4 Å². The number of nitrogens with two attached hydrogens (primary N) is 1. The number of hydrogen-bond donors (Lipinski definition) is 2. The highest BCUT2D eigenvalue weighted by molar-refractivity contribution is 6.14. The fourth-order valence-corrected chi connectivity index (χ4v) is 4.95. The second-order valence-corrected chi connectivity index (χ2v) is 8.88. The Bertz CT molecular complexity index is 1470. The minimum Gasteiger partial charge on any atom is -0.383 e. The third-order valence-electron chi connectivity index (χ3n) is 6.72. The Morgan fingerprint density at radius 1 is 0.882 bits per heavy atom. The molecule has 0 amide bonds. The number of benzene rings is 2. The monoisotopic (exact) mass is 466 g/mol. The maximum absolute atomic E-state index is 6.26. The highest BCUT2D eigenvalue weighted by atomic mass is 35.5. The van der Waals surface area contributed by atoms with E-state index in [2.05, 4.69) is 50.8 Å². The Morgan fingerprint density at radius 3 is 2.35 bits per heavy atom. The summed E-state index contributed by atoms with van der Waals surface area (Å²) >= 11 is 6.11. The molecule has 0 saturated heterocycles. The lowest BCUT2D eigenvalue weighted by Gasteiger charge is -2.41. The number of fused-ring (bicyclic) bond motifs is 1. The predicted octanol–water partition coefficient (Wildman–Crippen LogP) is 5.85. The van der Waals surface area contributed by atoms with Crippen LogP contribution in [0.15, 0.2) is 85.1 Å². The molecular weight excluding hydrogens is 444 g/mol. The molecule has 0 unspecified atom stereocenters. The number of rotatable bonds is 5. The van der Waals surface area contributed by atoms with Gasteiger partial charge in [0.1, 0.15) is 11.3 Å². The van der Waals surface area contributed by atoms with E-state index in [9.17, 15) is 0 Å². The maximum atomic E-state index is 6.26. The van der Waals surface area contributed by atoms with Gasteiger partial charge in [0.2, 0.25) is 0 Å². The van der Waals surface area contributed by atoms with Crippen molar-refractivity contribution in [3.63, 3.8) is 0 Å². The number of nitrogens with one attached hydrogen (secondary N) is 1. The van der Waals surface area contributed by atoms with E-state index < -0.39 is 0 Å². The van der Waals surface area contributed by atoms with Crippen LogP contribution in [0.25, 0.3) is 39.5 Å². The Labute approximate surface area is 202 Å². The summed E-state index contributed by atoms with van der Waals surface area (Å²) < 4.78 is 2.06. The first kappa shape index (κ1) is 20.8. The van der Waals surface area contributed by atoms with Crippen molar-refractivity contribution in [2.75, 3.05) is 5.73 Å². The number of pyridine rings is 2. The molecule has 3 aromatic heterocycles. The van der Waals surface area contributed by atoms with Crippen LogP contribution < -0.4 is 10.6 Å². The molecule has 168 valence electrons. The van der Waals surface area contributed by atoms with Crippen molar-refractivity contribution in [1.29, 1.82) is 0 Å². The van der Waals surface area contributed by atoms with Crippen molar-refractivity contribution in [2.24, 2.45) is 0 Å². The van der Waals surface area contributed by atoms with Crippen LogP contribution >= 0.6 is 11.8 Å². The van der Waals surface area contributed by atoms with E-state index in [-0.39, 0.29) is 5.54 Å². The van der Waals surface area contributed by atoms with Crippen LogP contribution in [0.5, 0.6) is 0 Å². The topological polar surface area (TPSA) is 81.7 Å². The summed E-state index contributed by atoms with van der Waals surface area (Å²) in [4.78, 5) is 17.2. The first-order valence-corrected chi connectivity index (χ1v) is 11.7. The van der Waals surface area contributed by atoms with Crippen LogP contribution in [0.3, 0.4) is 0 Å². The molecule has 0 radical (unpaired) electrons. The highest BCUT2D eigenvalue weighted by Gasteiger charge is 2.38. The molecule has 3 heterocycles. The summed E-state index contributed by atoms with van der Waals surface area (Å²) in [5.74, 6) is 1.14. The van der Waals surface area contributed by atoms with Gasteiger partial charge in [0.15, 0.2) is 11.5 Å². The molecule has 1 aliphatic carbocycles. The standard InChI is InChI=1S/C27H23ClN6/c28-33-27(15-5-16-27)19-9-11-20(12-10-19)34-25(21-8-4-17-30-24(21)29)32-23-14-13-22(31-26(23)34)18-6-2-1-3-7-18/h1-4,6-14,17,33H,5,15-16H2,(H2,29,30). The lowest BCUT2D eigenvalue weighted by atomic mass is 9.73. The van der Waals surface area contributed by atoms with E-state index in [0.29, 0.717) is 11.6 Å². The lowest BCUT2D eigenvalue weighted by Crippen LogP contribution is -2.43. The SMILES string of the molecule is Nc1ncccc1-c1nc2ccc(-c3ccccc3)nc2n1-c1ccc(C2(NCl)CCC2)cc1. The summed E-state index contributed by atoms with van der Waals surface area (Å²) in [6.45, 7) is 0. The number of aromatic nitrogens is 4. The molecule has 0 atom stereocenters. The van der Waals surface area contributed by atoms with Gasteiger partial charge in [-0.25, -0.2) is 19.8 Å². The number of nitrogen functional groups attached to an aromatic ring is 1. The second-order valence-electron chi connectivity index (χ2n) is 8.69. The van der Waals surface area contributed by atoms with E-state index in [1.54, 1.807) is 6.20 Å². The molecule has 7 heteroatoms. The van der Waals surface area contributed by atoms with Crippen LogP contribution in [0, 0.1) is 0 Å². The molecule has 34 heavy (non-hydrogen) atoms. The zero-order valence-corrected chi connectivity index (χ0v) is 19.2. The van der Waals surface area contributed by atoms with Crippen LogP contribution in [0.4, 0.5) is 5.82 Å². The average Bonchev–Trinajstić information content (AvgIpc) is 3.23. The highest BCUT2D eigenvalue weighted by Crippen LogP contribution is 2.42.